The zero-order chi connectivity index (χ0) is 31.4. The highest BCUT2D eigenvalue weighted by Gasteiger charge is 2.54. The van der Waals surface area contributed by atoms with Gasteiger partial charge in [-0.1, -0.05) is 58.0 Å². The van der Waals surface area contributed by atoms with Crippen LogP contribution in [0, 0.1) is 29.1 Å². The van der Waals surface area contributed by atoms with Gasteiger partial charge in [-0.05, 0) is 55.9 Å². The monoisotopic (exact) mass is 597 g/mol. The Bertz CT molecular complexity index is 1180. The number of imidazole rings is 1. The summed E-state index contributed by atoms with van der Waals surface area (Å²) in [5, 5.41) is 0. The minimum Gasteiger partial charge on any atom is -0.350 e. The molecular weight excluding hydrogens is 550 g/mol. The van der Waals surface area contributed by atoms with E-state index in [0.717, 1.165) is 18.4 Å². The maximum absolute atomic E-state index is 14.6. The number of nitrogens with two attached hydrogens (primary N) is 1. The van der Waals surface area contributed by atoms with Crippen molar-refractivity contribution in [2.75, 3.05) is 6.61 Å². The molecule has 0 radical (unpaired) electrons. The second kappa shape index (κ2) is 16.4. The third-order valence-corrected chi connectivity index (χ3v) is 8.05. The van der Waals surface area contributed by atoms with Crippen LogP contribution >= 0.6 is 0 Å². The maximum Gasteiger partial charge on any atom is 0.248 e. The van der Waals surface area contributed by atoms with Gasteiger partial charge in [0.2, 0.25) is 17.7 Å². The number of hydrazine groups is 1. The Hall–Kier alpha value is -3.41. The molecule has 43 heavy (non-hydrogen) atoms. The summed E-state index contributed by atoms with van der Waals surface area (Å²) in [5.74, 6) is 1.42. The van der Waals surface area contributed by atoms with E-state index in [9.17, 15) is 19.2 Å². The number of ketones is 1. The van der Waals surface area contributed by atoms with Crippen molar-refractivity contribution in [3.63, 3.8) is 0 Å². The minimum atomic E-state index is -1.41. The number of aromatic nitrogens is 2. The Labute approximate surface area is 254 Å². The highest BCUT2D eigenvalue weighted by Crippen LogP contribution is 2.47. The van der Waals surface area contributed by atoms with E-state index >= 15 is 0 Å². The Morgan fingerprint density at radius 3 is 2.42 bits per heavy atom. The first-order valence-corrected chi connectivity index (χ1v) is 15.2. The summed E-state index contributed by atoms with van der Waals surface area (Å²) in [6, 6.07) is 9.64. The highest BCUT2D eigenvalue weighted by molar-refractivity contribution is 6.04. The van der Waals surface area contributed by atoms with Crippen LogP contribution in [0.4, 0.5) is 0 Å². The van der Waals surface area contributed by atoms with Crippen molar-refractivity contribution in [2.24, 2.45) is 34.9 Å². The fraction of sp³-hybridized carbons (Fsp3) is 0.594. The van der Waals surface area contributed by atoms with Crippen LogP contribution in [0.15, 0.2) is 49.1 Å². The van der Waals surface area contributed by atoms with Gasteiger partial charge < -0.3 is 4.74 Å². The standard InChI is InChI=1S/C32H47N5O6/c1-22(2)18-25(30(40)35-33)29(31(41)36-43-28-12-8-9-17-42-28)32(20-23(3)4,14-13-24-10-6-5-7-11-24)26(38)19-27(39)37-16-15-34-21-37/h5-7,10-11,15-16,21-23,25,28-29H,8-9,12-14,17-20,33H2,1-4H3,(H,35,40)(H,36,41)/t25-,28?,29-,32?/m1/s1. The molecule has 2 aromatic rings. The molecule has 11 nitrogen and oxygen atoms in total. The van der Waals surface area contributed by atoms with E-state index in [2.05, 4.69) is 15.9 Å². The second-order valence-corrected chi connectivity index (χ2v) is 12.3. The molecule has 1 aliphatic rings. The molecule has 1 aromatic carbocycles. The number of aryl methyl sites for hydroxylation is 1. The molecule has 4 atom stereocenters. The van der Waals surface area contributed by atoms with Crippen LogP contribution in [-0.4, -0.2) is 46.0 Å². The quantitative estimate of drug-likeness (QED) is 0.114. The number of benzene rings is 1. The van der Waals surface area contributed by atoms with Gasteiger partial charge in [-0.15, -0.1) is 0 Å². The Kier molecular flexibility index (Phi) is 13.0. The summed E-state index contributed by atoms with van der Waals surface area (Å²) in [4.78, 5) is 65.3. The van der Waals surface area contributed by atoms with Gasteiger partial charge in [-0.2, -0.15) is 0 Å². The molecule has 0 aliphatic carbocycles. The van der Waals surface area contributed by atoms with Gasteiger partial charge in [0.25, 0.3) is 0 Å². The number of carbonyl (C=O) groups is 4. The number of hydroxylamine groups is 1. The van der Waals surface area contributed by atoms with Crippen LogP contribution in [0.2, 0.25) is 0 Å². The molecule has 0 spiro atoms. The van der Waals surface area contributed by atoms with Gasteiger partial charge in [0.15, 0.2) is 6.29 Å². The maximum atomic E-state index is 14.6. The highest BCUT2D eigenvalue weighted by atomic mass is 16.8. The summed E-state index contributed by atoms with van der Waals surface area (Å²) < 4.78 is 6.90. The Morgan fingerprint density at radius 2 is 1.84 bits per heavy atom. The van der Waals surface area contributed by atoms with Crippen molar-refractivity contribution < 1.29 is 28.8 Å². The van der Waals surface area contributed by atoms with Crippen LogP contribution in [-0.2, 0) is 30.4 Å². The Balaban J connectivity index is 2.14. The van der Waals surface area contributed by atoms with Crippen LogP contribution < -0.4 is 16.7 Å². The fourth-order valence-electron chi connectivity index (χ4n) is 6.18. The van der Waals surface area contributed by atoms with Gasteiger partial charge in [-0.25, -0.2) is 21.1 Å². The molecule has 236 valence electrons. The fourth-order valence-corrected chi connectivity index (χ4v) is 6.18. The first-order valence-electron chi connectivity index (χ1n) is 15.2. The van der Waals surface area contributed by atoms with Crippen molar-refractivity contribution in [3.8, 4) is 0 Å². The molecule has 1 aromatic heterocycles. The van der Waals surface area contributed by atoms with Gasteiger partial charge in [0, 0.05) is 30.8 Å². The number of amides is 2. The van der Waals surface area contributed by atoms with E-state index in [0.29, 0.717) is 19.4 Å². The lowest BCUT2D eigenvalue weighted by Gasteiger charge is -2.43. The topological polar surface area (TPSA) is 155 Å². The van der Waals surface area contributed by atoms with Crippen molar-refractivity contribution in [2.45, 2.75) is 85.4 Å². The molecule has 2 unspecified atom stereocenters. The lowest BCUT2D eigenvalue weighted by molar-refractivity contribution is -0.205. The van der Waals surface area contributed by atoms with Crippen LogP contribution in [0.5, 0.6) is 0 Å². The smallest absolute Gasteiger partial charge is 0.248 e. The van der Waals surface area contributed by atoms with Crippen molar-refractivity contribution in [3.05, 3.63) is 54.6 Å². The lowest BCUT2D eigenvalue weighted by Crippen LogP contribution is -2.55. The molecule has 0 bridgehead atoms. The van der Waals surface area contributed by atoms with Crippen LogP contribution in [0.1, 0.15) is 83.0 Å². The van der Waals surface area contributed by atoms with Crippen molar-refractivity contribution >= 4 is 23.5 Å². The molecule has 1 saturated heterocycles. The average Bonchev–Trinajstić information content (AvgIpc) is 3.54. The number of nitrogens with one attached hydrogen (secondary N) is 2. The lowest BCUT2D eigenvalue weighted by atomic mass is 9.58. The Morgan fingerprint density at radius 1 is 1.09 bits per heavy atom. The molecule has 2 heterocycles. The first kappa shape index (κ1) is 34.1. The van der Waals surface area contributed by atoms with Crippen LogP contribution in [0.25, 0.3) is 0 Å². The van der Waals surface area contributed by atoms with Gasteiger partial charge in [0.1, 0.15) is 12.1 Å². The largest absolute Gasteiger partial charge is 0.350 e. The first-order chi connectivity index (χ1) is 20.6. The van der Waals surface area contributed by atoms with E-state index in [-0.39, 0.29) is 31.1 Å². The predicted molar refractivity (Wildman–Crippen MR) is 161 cm³/mol. The number of hydrogen-bond acceptors (Lipinski definition) is 8. The van der Waals surface area contributed by atoms with E-state index in [1.807, 2.05) is 58.0 Å². The second-order valence-electron chi connectivity index (χ2n) is 12.3. The zero-order valence-electron chi connectivity index (χ0n) is 25.8. The minimum absolute atomic E-state index is 0.00578. The molecule has 1 fully saturated rings. The van der Waals surface area contributed by atoms with Crippen molar-refractivity contribution in [1.82, 2.24) is 20.5 Å². The van der Waals surface area contributed by atoms with Gasteiger partial charge in [-0.3, -0.25) is 29.2 Å². The third kappa shape index (κ3) is 9.54. The number of hydrogen-bond donors (Lipinski definition) is 3. The summed E-state index contributed by atoms with van der Waals surface area (Å²) in [6.45, 7) is 8.32. The summed E-state index contributed by atoms with van der Waals surface area (Å²) in [7, 11) is 0. The van der Waals surface area contributed by atoms with Gasteiger partial charge in [0.05, 0.1) is 18.3 Å². The number of rotatable bonds is 16. The molecule has 3 rings (SSSR count). The number of nitrogens with zero attached hydrogens (tertiary/aromatic N) is 2. The molecule has 2 amide bonds. The number of Topliss-reactive ketones (excluding diaryl/α,β-unsaturated/α-hetero) is 1. The number of carbonyl (C=O) groups excluding carboxylic acids is 4. The van der Waals surface area contributed by atoms with E-state index in [4.69, 9.17) is 15.4 Å². The average molecular weight is 598 g/mol. The zero-order valence-corrected chi connectivity index (χ0v) is 25.8. The molecule has 0 saturated carbocycles. The summed E-state index contributed by atoms with van der Waals surface area (Å²) >= 11 is 0. The molecular formula is C32H47N5O6. The normalized spacial score (nSPS) is 18.1. The number of ether oxygens (including phenoxy) is 1. The van der Waals surface area contributed by atoms with Crippen molar-refractivity contribution in [1.29, 1.82) is 0 Å². The van der Waals surface area contributed by atoms with E-state index in [1.165, 1.54) is 23.3 Å². The molecule has 4 N–H and O–H groups in total. The molecule has 1 aliphatic heterocycles. The predicted octanol–water partition coefficient (Wildman–Crippen LogP) is 3.99. The third-order valence-electron chi connectivity index (χ3n) is 8.05. The van der Waals surface area contributed by atoms with E-state index in [1.54, 1.807) is 0 Å². The van der Waals surface area contributed by atoms with Crippen LogP contribution in [0.3, 0.4) is 0 Å². The van der Waals surface area contributed by atoms with Gasteiger partial charge >= 0.3 is 0 Å². The molecule has 11 heteroatoms. The summed E-state index contributed by atoms with van der Waals surface area (Å²) in [6.07, 6.45) is 6.82. The SMILES string of the molecule is CC(C)C[C@@H](C(=O)NN)[C@H](C(=O)NOC1CCCCO1)C(CCc1ccccc1)(CC(C)C)C(=O)CC(=O)n1ccnc1. The van der Waals surface area contributed by atoms with E-state index < -0.39 is 53.5 Å². The summed E-state index contributed by atoms with van der Waals surface area (Å²) in [5.41, 5.74) is 4.36.